The minimum Gasteiger partial charge on any atom is -0.450 e. The molecule has 0 spiro atoms. The summed E-state index contributed by atoms with van der Waals surface area (Å²) in [5, 5.41) is 2.60. The second kappa shape index (κ2) is 6.69. The van der Waals surface area contributed by atoms with E-state index in [1.54, 1.807) is 18.2 Å². The molecule has 0 bridgehead atoms. The van der Waals surface area contributed by atoms with Crippen molar-refractivity contribution < 1.29 is 18.8 Å². The molecule has 1 aromatic carbocycles. The zero-order valence-corrected chi connectivity index (χ0v) is 16.2. The minimum absolute atomic E-state index is 0.206. The molecule has 1 aliphatic rings. The number of hydrogen-bond acceptors (Lipinski definition) is 4. The maximum Gasteiger partial charge on any atom is 0.335 e. The number of halogens is 3. The van der Waals surface area contributed by atoms with Crippen LogP contribution in [0.2, 0.25) is 5.02 Å². The van der Waals surface area contributed by atoms with Crippen molar-refractivity contribution in [3.8, 4) is 0 Å². The van der Waals surface area contributed by atoms with Crippen LogP contribution in [0.1, 0.15) is 5.76 Å². The number of carbonyl (C=O) groups is 3. The first kappa shape index (κ1) is 17.2. The van der Waals surface area contributed by atoms with E-state index in [-0.39, 0.29) is 5.57 Å². The number of benzene rings is 1. The molecule has 2 heterocycles. The molecule has 4 amide bonds. The Hall–Kier alpha value is -1.65. The molecule has 0 aliphatic carbocycles. The highest BCUT2D eigenvalue weighted by Gasteiger charge is 2.37. The monoisotopic (exact) mass is 520 g/mol. The van der Waals surface area contributed by atoms with E-state index in [0.717, 1.165) is 4.90 Å². The molecule has 6 nitrogen and oxygen atoms in total. The highest BCUT2D eigenvalue weighted by molar-refractivity contribution is 14.1. The van der Waals surface area contributed by atoms with E-state index < -0.39 is 17.8 Å². The van der Waals surface area contributed by atoms with E-state index in [2.05, 4.69) is 21.2 Å². The highest BCUT2D eigenvalue weighted by atomic mass is 127. The Kier molecular flexibility index (Phi) is 4.79. The lowest BCUT2D eigenvalue weighted by Crippen LogP contribution is -2.54. The Balaban J connectivity index is 2.01. The van der Waals surface area contributed by atoms with Gasteiger partial charge in [-0.05, 0) is 52.3 Å². The molecule has 9 heteroatoms. The largest absolute Gasteiger partial charge is 0.450 e. The molecule has 1 fully saturated rings. The number of urea groups is 1. The molecule has 1 aliphatic heterocycles. The number of rotatable bonds is 2. The lowest BCUT2D eigenvalue weighted by Gasteiger charge is -2.26. The number of nitrogens with zero attached hydrogens (tertiary/aromatic N) is 1. The number of carbonyl (C=O) groups excluding carboxylic acids is 3. The topological polar surface area (TPSA) is 79.6 Å². The molecular formula is C15H7BrClIN2O4. The normalized spacial score (nSPS) is 16.7. The fraction of sp³-hybridized carbons (Fsp3) is 0. The van der Waals surface area contributed by atoms with Crippen molar-refractivity contribution >= 4 is 79.7 Å². The summed E-state index contributed by atoms with van der Waals surface area (Å²) < 4.78 is 6.68. The van der Waals surface area contributed by atoms with Crippen molar-refractivity contribution in [2.45, 2.75) is 0 Å². The predicted molar refractivity (Wildman–Crippen MR) is 99.6 cm³/mol. The molecule has 3 rings (SSSR count). The SMILES string of the molecule is O=C1NC(=O)N(c2ccc(Cl)cc2)C(=O)/C1=C/c1cc(Br)c(I)o1. The maximum atomic E-state index is 12.6. The van der Waals surface area contributed by atoms with Crippen molar-refractivity contribution in [2.75, 3.05) is 4.90 Å². The van der Waals surface area contributed by atoms with Crippen molar-refractivity contribution in [2.24, 2.45) is 0 Å². The van der Waals surface area contributed by atoms with Gasteiger partial charge in [0.05, 0.1) is 10.2 Å². The smallest absolute Gasteiger partial charge is 0.335 e. The molecule has 1 aromatic heterocycles. The van der Waals surface area contributed by atoms with Gasteiger partial charge < -0.3 is 4.42 Å². The van der Waals surface area contributed by atoms with Crippen LogP contribution >= 0.6 is 50.1 Å². The predicted octanol–water partition coefficient (Wildman–Crippen LogP) is 3.97. The summed E-state index contributed by atoms with van der Waals surface area (Å²) in [6.45, 7) is 0. The Bertz CT molecular complexity index is 872. The van der Waals surface area contributed by atoms with Crippen LogP contribution in [0.5, 0.6) is 0 Å². The number of anilines is 1. The summed E-state index contributed by atoms with van der Waals surface area (Å²) >= 11 is 11.1. The molecule has 1 saturated heterocycles. The Morgan fingerprint density at radius 3 is 2.46 bits per heavy atom. The fourth-order valence-electron chi connectivity index (χ4n) is 2.06. The average molecular weight is 521 g/mol. The number of imide groups is 2. The molecule has 0 radical (unpaired) electrons. The quantitative estimate of drug-likeness (QED) is 0.369. The second-order valence-electron chi connectivity index (χ2n) is 4.70. The van der Waals surface area contributed by atoms with Crippen LogP contribution in [0.15, 0.2) is 44.8 Å². The van der Waals surface area contributed by atoms with Crippen LogP contribution in [0, 0.1) is 3.77 Å². The summed E-state index contributed by atoms with van der Waals surface area (Å²) in [4.78, 5) is 37.5. The zero-order valence-electron chi connectivity index (χ0n) is 11.7. The van der Waals surface area contributed by atoms with Gasteiger partial charge in [0.2, 0.25) is 0 Å². The Morgan fingerprint density at radius 2 is 1.88 bits per heavy atom. The van der Waals surface area contributed by atoms with Gasteiger partial charge in [0.1, 0.15) is 11.3 Å². The van der Waals surface area contributed by atoms with E-state index >= 15 is 0 Å². The number of barbiturate groups is 1. The Morgan fingerprint density at radius 1 is 1.21 bits per heavy atom. The van der Waals surface area contributed by atoms with Gasteiger partial charge in [-0.25, -0.2) is 9.69 Å². The zero-order chi connectivity index (χ0) is 17.4. The van der Waals surface area contributed by atoms with Gasteiger partial charge >= 0.3 is 6.03 Å². The highest BCUT2D eigenvalue weighted by Crippen LogP contribution is 2.27. The van der Waals surface area contributed by atoms with Gasteiger partial charge in [-0.15, -0.1) is 0 Å². The lowest BCUT2D eigenvalue weighted by molar-refractivity contribution is -0.122. The first-order valence-electron chi connectivity index (χ1n) is 6.48. The molecule has 0 saturated carbocycles. The Labute approximate surface area is 163 Å². The van der Waals surface area contributed by atoms with Gasteiger partial charge in [-0.3, -0.25) is 14.9 Å². The third-order valence-electron chi connectivity index (χ3n) is 3.14. The summed E-state index contributed by atoms with van der Waals surface area (Å²) in [6.07, 6.45) is 1.29. The summed E-state index contributed by atoms with van der Waals surface area (Å²) in [5.74, 6) is -1.21. The standard InChI is InChI=1S/C15H7BrClIN2O4/c16-11-6-9(24-12(11)18)5-10-13(21)19-15(23)20(14(10)22)8-3-1-7(17)2-4-8/h1-6H,(H,19,21,23)/b10-5+. The third kappa shape index (κ3) is 3.26. The molecule has 2 aromatic rings. The molecule has 0 atom stereocenters. The van der Waals surface area contributed by atoms with Crippen LogP contribution in [-0.4, -0.2) is 17.8 Å². The number of hydrogen-bond donors (Lipinski definition) is 1. The average Bonchev–Trinajstić information content (AvgIpc) is 2.83. The van der Waals surface area contributed by atoms with E-state index in [0.29, 0.717) is 24.7 Å². The molecule has 1 N–H and O–H groups in total. The van der Waals surface area contributed by atoms with Gasteiger partial charge in [0, 0.05) is 27.6 Å². The van der Waals surface area contributed by atoms with Crippen molar-refractivity contribution in [3.05, 3.63) is 54.9 Å². The van der Waals surface area contributed by atoms with Crippen LogP contribution in [0.3, 0.4) is 0 Å². The van der Waals surface area contributed by atoms with Gasteiger partial charge in [0.25, 0.3) is 11.8 Å². The number of amides is 4. The summed E-state index contributed by atoms with van der Waals surface area (Å²) in [6, 6.07) is 6.92. The number of furan rings is 1. The second-order valence-corrected chi connectivity index (χ2v) is 6.98. The van der Waals surface area contributed by atoms with Crippen LogP contribution in [-0.2, 0) is 9.59 Å². The van der Waals surface area contributed by atoms with E-state index in [4.69, 9.17) is 16.0 Å². The van der Waals surface area contributed by atoms with E-state index in [1.165, 1.54) is 18.2 Å². The fourth-order valence-corrected chi connectivity index (χ4v) is 2.90. The molecule has 0 unspecified atom stereocenters. The molecule has 122 valence electrons. The summed E-state index contributed by atoms with van der Waals surface area (Å²) in [5.41, 5.74) is 0.0951. The summed E-state index contributed by atoms with van der Waals surface area (Å²) in [7, 11) is 0. The van der Waals surface area contributed by atoms with Crippen LogP contribution < -0.4 is 10.2 Å². The number of nitrogens with one attached hydrogen (secondary N) is 1. The van der Waals surface area contributed by atoms with Gasteiger partial charge in [0.15, 0.2) is 3.77 Å². The van der Waals surface area contributed by atoms with Gasteiger partial charge in [-0.1, -0.05) is 11.6 Å². The first-order valence-corrected chi connectivity index (χ1v) is 8.73. The van der Waals surface area contributed by atoms with Crippen LogP contribution in [0.25, 0.3) is 6.08 Å². The molecule has 24 heavy (non-hydrogen) atoms. The lowest BCUT2D eigenvalue weighted by atomic mass is 10.1. The van der Waals surface area contributed by atoms with Crippen LogP contribution in [0.4, 0.5) is 10.5 Å². The third-order valence-corrected chi connectivity index (χ3v) is 5.52. The maximum absolute atomic E-state index is 12.6. The van der Waals surface area contributed by atoms with Crippen molar-refractivity contribution in [3.63, 3.8) is 0 Å². The first-order chi connectivity index (χ1) is 11.4. The van der Waals surface area contributed by atoms with E-state index in [1.807, 2.05) is 22.6 Å². The molecular weight excluding hydrogens is 514 g/mol. The van der Waals surface area contributed by atoms with Crippen molar-refractivity contribution in [1.29, 1.82) is 0 Å². The van der Waals surface area contributed by atoms with E-state index in [9.17, 15) is 14.4 Å². The van der Waals surface area contributed by atoms with Crippen molar-refractivity contribution in [1.82, 2.24) is 5.32 Å². The minimum atomic E-state index is -0.820. The van der Waals surface area contributed by atoms with Gasteiger partial charge in [-0.2, -0.15) is 0 Å².